The highest BCUT2D eigenvalue weighted by molar-refractivity contribution is 5.89. The standard InChI is InChI=1S/C19H13F6N3O5/c1-10(29)27-12-2-4-15(11(6-12)8-26)33-17(20)19(24,25)14-7-13(28(30)31)3-5-16(14)32-9-18(21,22)23/h2-7,17H,9H2,1H3,(H,27,29). The van der Waals surface area contributed by atoms with Gasteiger partial charge in [0, 0.05) is 24.7 Å². The molecule has 1 amide bonds. The van der Waals surface area contributed by atoms with Crippen LogP contribution in [0.3, 0.4) is 0 Å². The Balaban J connectivity index is 2.41. The van der Waals surface area contributed by atoms with Gasteiger partial charge in [-0.2, -0.15) is 31.6 Å². The predicted octanol–water partition coefficient (Wildman–Crippen LogP) is 4.83. The van der Waals surface area contributed by atoms with Crippen molar-refractivity contribution in [2.24, 2.45) is 0 Å². The Morgan fingerprint density at radius 3 is 2.36 bits per heavy atom. The summed E-state index contributed by atoms with van der Waals surface area (Å²) in [4.78, 5) is 20.9. The van der Waals surface area contributed by atoms with E-state index in [4.69, 9.17) is 5.26 Å². The Labute approximate surface area is 181 Å². The number of nitriles is 1. The molecule has 0 saturated carbocycles. The van der Waals surface area contributed by atoms with E-state index >= 15 is 0 Å². The Morgan fingerprint density at radius 2 is 1.82 bits per heavy atom. The van der Waals surface area contributed by atoms with Crippen LogP contribution in [0.4, 0.5) is 37.7 Å². The molecule has 33 heavy (non-hydrogen) atoms. The quantitative estimate of drug-likeness (QED) is 0.331. The van der Waals surface area contributed by atoms with Crippen LogP contribution in [0.1, 0.15) is 18.1 Å². The number of nitro groups is 1. The van der Waals surface area contributed by atoms with E-state index < -0.39 is 64.2 Å². The van der Waals surface area contributed by atoms with Gasteiger partial charge in [0.05, 0.1) is 16.1 Å². The minimum absolute atomic E-state index is 0.0788. The molecule has 1 N–H and O–H groups in total. The largest absolute Gasteiger partial charge is 0.484 e. The number of halogens is 6. The van der Waals surface area contributed by atoms with Gasteiger partial charge < -0.3 is 14.8 Å². The second-order valence-corrected chi connectivity index (χ2v) is 6.40. The van der Waals surface area contributed by atoms with Crippen LogP contribution >= 0.6 is 0 Å². The number of amides is 1. The van der Waals surface area contributed by atoms with Crippen LogP contribution in [0.15, 0.2) is 36.4 Å². The lowest BCUT2D eigenvalue weighted by Crippen LogP contribution is -2.33. The molecule has 1 atom stereocenters. The van der Waals surface area contributed by atoms with E-state index in [0.717, 1.165) is 25.1 Å². The molecule has 0 radical (unpaired) electrons. The third kappa shape index (κ3) is 6.48. The smallest absolute Gasteiger partial charge is 0.422 e. The monoisotopic (exact) mass is 477 g/mol. The van der Waals surface area contributed by atoms with Gasteiger partial charge in [0.15, 0.2) is 6.61 Å². The molecule has 0 aliphatic heterocycles. The summed E-state index contributed by atoms with van der Waals surface area (Å²) in [6.07, 6.45) is -8.52. The van der Waals surface area contributed by atoms with E-state index in [-0.39, 0.29) is 11.8 Å². The van der Waals surface area contributed by atoms with Crippen molar-refractivity contribution in [1.29, 1.82) is 5.26 Å². The topological polar surface area (TPSA) is 114 Å². The van der Waals surface area contributed by atoms with Gasteiger partial charge in [-0.05, 0) is 24.3 Å². The highest BCUT2D eigenvalue weighted by Gasteiger charge is 2.48. The lowest BCUT2D eigenvalue weighted by atomic mass is 10.1. The molecule has 0 bridgehead atoms. The summed E-state index contributed by atoms with van der Waals surface area (Å²) in [6.45, 7) is -0.860. The first kappa shape index (κ1) is 25.2. The average molecular weight is 477 g/mol. The fraction of sp³-hybridized carbons (Fsp3) is 0.263. The highest BCUT2D eigenvalue weighted by Crippen LogP contribution is 2.42. The van der Waals surface area contributed by atoms with Gasteiger partial charge >= 0.3 is 18.5 Å². The normalized spacial score (nSPS) is 12.4. The van der Waals surface area contributed by atoms with Crippen LogP contribution in [-0.2, 0) is 10.7 Å². The number of rotatable bonds is 8. The van der Waals surface area contributed by atoms with E-state index in [1.165, 1.54) is 0 Å². The van der Waals surface area contributed by atoms with Gasteiger partial charge in [-0.3, -0.25) is 14.9 Å². The van der Waals surface area contributed by atoms with Gasteiger partial charge in [-0.1, -0.05) is 0 Å². The number of ether oxygens (including phenoxy) is 2. The average Bonchev–Trinajstić information content (AvgIpc) is 2.71. The number of carbonyl (C=O) groups is 1. The molecule has 2 rings (SSSR count). The fourth-order valence-electron chi connectivity index (χ4n) is 2.49. The number of anilines is 1. The SMILES string of the molecule is CC(=O)Nc1ccc(OC(F)C(F)(F)c2cc([N+](=O)[O-])ccc2OCC(F)(F)F)c(C#N)c1. The summed E-state index contributed by atoms with van der Waals surface area (Å²) in [5.74, 6) is -7.09. The molecule has 14 heteroatoms. The third-order valence-electron chi connectivity index (χ3n) is 3.86. The maximum absolute atomic E-state index is 14.8. The van der Waals surface area contributed by atoms with Gasteiger partial charge in [-0.15, -0.1) is 0 Å². The van der Waals surface area contributed by atoms with Crippen molar-refractivity contribution in [1.82, 2.24) is 0 Å². The van der Waals surface area contributed by atoms with Crippen molar-refractivity contribution in [3.05, 3.63) is 57.6 Å². The first-order valence-electron chi connectivity index (χ1n) is 8.73. The number of nitro benzene ring substituents is 1. The molecule has 2 aromatic carbocycles. The third-order valence-corrected chi connectivity index (χ3v) is 3.86. The Bertz CT molecular complexity index is 1100. The van der Waals surface area contributed by atoms with Crippen molar-refractivity contribution in [2.45, 2.75) is 25.4 Å². The summed E-state index contributed by atoms with van der Waals surface area (Å²) in [6, 6.07) is 5.82. The van der Waals surface area contributed by atoms with E-state index in [0.29, 0.717) is 12.1 Å². The molecular weight excluding hydrogens is 464 g/mol. The minimum atomic E-state index is -4.93. The Hall–Kier alpha value is -4.02. The Kier molecular flexibility index (Phi) is 7.37. The molecule has 176 valence electrons. The first-order chi connectivity index (χ1) is 15.2. The van der Waals surface area contributed by atoms with Crippen LogP contribution in [-0.4, -0.2) is 30.0 Å². The van der Waals surface area contributed by atoms with Crippen molar-refractivity contribution < 1.29 is 45.5 Å². The lowest BCUT2D eigenvalue weighted by Gasteiger charge is -2.24. The zero-order chi connectivity index (χ0) is 25.0. The summed E-state index contributed by atoms with van der Waals surface area (Å²) < 4.78 is 90.3. The zero-order valence-corrected chi connectivity index (χ0v) is 16.5. The number of nitrogens with zero attached hydrogens (tertiary/aromatic N) is 2. The number of benzene rings is 2. The Morgan fingerprint density at radius 1 is 1.18 bits per heavy atom. The minimum Gasteiger partial charge on any atom is -0.484 e. The number of hydrogen-bond donors (Lipinski definition) is 1. The molecule has 2 aromatic rings. The molecule has 1 unspecified atom stereocenters. The van der Waals surface area contributed by atoms with Crippen LogP contribution in [0, 0.1) is 21.4 Å². The van der Waals surface area contributed by atoms with Crippen LogP contribution < -0.4 is 14.8 Å². The van der Waals surface area contributed by atoms with E-state index in [1.807, 2.05) is 0 Å². The fourth-order valence-corrected chi connectivity index (χ4v) is 2.49. The second-order valence-electron chi connectivity index (χ2n) is 6.40. The number of alkyl halides is 6. The second kappa shape index (κ2) is 9.63. The van der Waals surface area contributed by atoms with Crippen molar-refractivity contribution >= 4 is 17.3 Å². The summed E-state index contributed by atoms with van der Waals surface area (Å²) in [5, 5.41) is 22.4. The van der Waals surface area contributed by atoms with E-state index in [1.54, 1.807) is 6.07 Å². The predicted molar refractivity (Wildman–Crippen MR) is 99.5 cm³/mol. The first-order valence-corrected chi connectivity index (χ1v) is 8.73. The molecule has 0 aromatic heterocycles. The number of carbonyl (C=O) groups excluding carboxylic acids is 1. The maximum Gasteiger partial charge on any atom is 0.422 e. The zero-order valence-electron chi connectivity index (χ0n) is 16.5. The molecule has 0 aliphatic carbocycles. The molecule has 0 heterocycles. The highest BCUT2D eigenvalue weighted by atomic mass is 19.4. The van der Waals surface area contributed by atoms with E-state index in [9.17, 15) is 41.3 Å². The lowest BCUT2D eigenvalue weighted by molar-refractivity contribution is -0.385. The molecule has 8 nitrogen and oxygen atoms in total. The van der Waals surface area contributed by atoms with Crippen molar-refractivity contribution in [3.8, 4) is 17.6 Å². The number of non-ortho nitro benzene ring substituents is 1. The van der Waals surface area contributed by atoms with Gasteiger partial charge in [0.25, 0.3) is 5.69 Å². The molecular formula is C19H13F6N3O5. The van der Waals surface area contributed by atoms with Gasteiger partial charge in [-0.25, -0.2) is 0 Å². The molecule has 0 spiro atoms. The van der Waals surface area contributed by atoms with Crippen LogP contribution in [0.5, 0.6) is 11.5 Å². The van der Waals surface area contributed by atoms with Crippen LogP contribution in [0.2, 0.25) is 0 Å². The summed E-state index contributed by atoms with van der Waals surface area (Å²) in [7, 11) is 0. The maximum atomic E-state index is 14.8. The molecule has 0 fully saturated rings. The molecule has 0 aliphatic rings. The molecule has 0 saturated heterocycles. The van der Waals surface area contributed by atoms with Gasteiger partial charge in [0.1, 0.15) is 17.6 Å². The number of hydrogen-bond acceptors (Lipinski definition) is 6. The van der Waals surface area contributed by atoms with Crippen molar-refractivity contribution in [3.63, 3.8) is 0 Å². The van der Waals surface area contributed by atoms with E-state index in [2.05, 4.69) is 14.8 Å². The number of nitrogens with one attached hydrogen (secondary N) is 1. The summed E-state index contributed by atoms with van der Waals surface area (Å²) >= 11 is 0. The summed E-state index contributed by atoms with van der Waals surface area (Å²) in [5.41, 5.74) is -2.90. The van der Waals surface area contributed by atoms with Crippen molar-refractivity contribution in [2.75, 3.05) is 11.9 Å². The van der Waals surface area contributed by atoms with Crippen LogP contribution in [0.25, 0.3) is 0 Å². The van der Waals surface area contributed by atoms with Gasteiger partial charge in [0.2, 0.25) is 5.91 Å².